The Morgan fingerprint density at radius 3 is 2.90 bits per heavy atom. The maximum Gasteiger partial charge on any atom is 0.123 e. The van der Waals surface area contributed by atoms with Gasteiger partial charge in [-0.25, -0.2) is 0 Å². The normalized spacial score (nSPS) is 24.8. The molecule has 1 aromatic heterocycles. The summed E-state index contributed by atoms with van der Waals surface area (Å²) in [5.41, 5.74) is 10.4. The molecule has 0 spiro atoms. The Morgan fingerprint density at radius 2 is 2.00 bits per heavy atom. The number of rotatable bonds is 2. The Morgan fingerprint density at radius 1 is 1.14 bits per heavy atom. The number of para-hydroxylation sites is 1. The van der Waals surface area contributed by atoms with Gasteiger partial charge < -0.3 is 10.5 Å². The molecule has 1 aliphatic carbocycles. The molecule has 2 heterocycles. The van der Waals surface area contributed by atoms with E-state index in [2.05, 4.69) is 23.2 Å². The van der Waals surface area contributed by atoms with Gasteiger partial charge in [-0.3, -0.25) is 4.98 Å². The summed E-state index contributed by atoms with van der Waals surface area (Å²) in [6.07, 6.45) is 6.29. The van der Waals surface area contributed by atoms with Crippen molar-refractivity contribution in [3.05, 3.63) is 59.4 Å². The van der Waals surface area contributed by atoms with Gasteiger partial charge in [-0.05, 0) is 42.5 Å². The number of fused-ring (bicyclic) bond motifs is 2. The van der Waals surface area contributed by atoms with Gasteiger partial charge in [0.25, 0.3) is 0 Å². The van der Waals surface area contributed by atoms with Crippen LogP contribution in [0.1, 0.15) is 35.6 Å². The SMILES string of the molecule is NC(C1Cc2ccccc2O1)C1CCCc2cccnc21. The fraction of sp³-hybridized carbons (Fsp3) is 0.389. The molecule has 4 rings (SSSR count). The molecule has 3 unspecified atom stereocenters. The van der Waals surface area contributed by atoms with E-state index in [1.54, 1.807) is 0 Å². The third-order valence-electron chi connectivity index (χ3n) is 4.80. The van der Waals surface area contributed by atoms with Crippen molar-refractivity contribution in [2.75, 3.05) is 0 Å². The topological polar surface area (TPSA) is 48.1 Å². The van der Waals surface area contributed by atoms with Crippen molar-refractivity contribution in [2.45, 2.75) is 43.7 Å². The lowest BCUT2D eigenvalue weighted by atomic mass is 9.80. The molecule has 1 aliphatic heterocycles. The lowest BCUT2D eigenvalue weighted by Crippen LogP contribution is -2.44. The van der Waals surface area contributed by atoms with Crippen LogP contribution in [0, 0.1) is 0 Å². The number of nitrogens with zero attached hydrogens (tertiary/aromatic N) is 1. The van der Waals surface area contributed by atoms with E-state index in [0.29, 0.717) is 5.92 Å². The fourth-order valence-corrected chi connectivity index (χ4v) is 3.70. The van der Waals surface area contributed by atoms with Gasteiger partial charge in [-0.15, -0.1) is 0 Å². The van der Waals surface area contributed by atoms with Crippen LogP contribution in [0.5, 0.6) is 5.75 Å². The first-order chi connectivity index (χ1) is 10.3. The molecule has 108 valence electrons. The van der Waals surface area contributed by atoms with Crippen LogP contribution in [0.4, 0.5) is 0 Å². The Hall–Kier alpha value is -1.87. The van der Waals surface area contributed by atoms with Gasteiger partial charge in [0.2, 0.25) is 0 Å². The highest BCUT2D eigenvalue weighted by Gasteiger charge is 2.36. The first kappa shape index (κ1) is 12.8. The van der Waals surface area contributed by atoms with Crippen LogP contribution in [0.2, 0.25) is 0 Å². The summed E-state index contributed by atoms with van der Waals surface area (Å²) >= 11 is 0. The maximum atomic E-state index is 6.58. The summed E-state index contributed by atoms with van der Waals surface area (Å²) in [7, 11) is 0. The summed E-state index contributed by atoms with van der Waals surface area (Å²) in [5, 5.41) is 0. The highest BCUT2D eigenvalue weighted by molar-refractivity contribution is 5.38. The fourth-order valence-electron chi connectivity index (χ4n) is 3.70. The highest BCUT2D eigenvalue weighted by Crippen LogP contribution is 2.37. The molecule has 0 bridgehead atoms. The van der Waals surface area contributed by atoms with Crippen LogP contribution in [0.3, 0.4) is 0 Å². The van der Waals surface area contributed by atoms with Gasteiger partial charge in [0.1, 0.15) is 11.9 Å². The summed E-state index contributed by atoms with van der Waals surface area (Å²) in [5.74, 6) is 1.31. The number of nitrogens with two attached hydrogens (primary N) is 1. The molecule has 0 amide bonds. The lowest BCUT2D eigenvalue weighted by molar-refractivity contribution is 0.177. The van der Waals surface area contributed by atoms with E-state index < -0.39 is 0 Å². The van der Waals surface area contributed by atoms with E-state index in [1.165, 1.54) is 23.2 Å². The monoisotopic (exact) mass is 280 g/mol. The first-order valence-corrected chi connectivity index (χ1v) is 7.77. The van der Waals surface area contributed by atoms with Gasteiger partial charge in [-0.2, -0.15) is 0 Å². The smallest absolute Gasteiger partial charge is 0.123 e. The maximum absolute atomic E-state index is 6.58. The number of hydrogen-bond acceptors (Lipinski definition) is 3. The zero-order chi connectivity index (χ0) is 14.2. The second kappa shape index (κ2) is 5.15. The van der Waals surface area contributed by atoms with Gasteiger partial charge in [0.15, 0.2) is 0 Å². The second-order valence-electron chi connectivity index (χ2n) is 6.09. The van der Waals surface area contributed by atoms with Crippen molar-refractivity contribution in [1.29, 1.82) is 0 Å². The highest BCUT2D eigenvalue weighted by atomic mass is 16.5. The molecular weight excluding hydrogens is 260 g/mol. The van der Waals surface area contributed by atoms with Crippen molar-refractivity contribution >= 4 is 0 Å². The second-order valence-corrected chi connectivity index (χ2v) is 6.09. The predicted molar refractivity (Wildman–Crippen MR) is 82.5 cm³/mol. The minimum atomic E-state index is 0.00588. The Labute approximate surface area is 125 Å². The molecular formula is C18H20N2O. The third-order valence-corrected chi connectivity index (χ3v) is 4.80. The van der Waals surface area contributed by atoms with E-state index in [1.807, 2.05) is 24.4 Å². The van der Waals surface area contributed by atoms with E-state index in [-0.39, 0.29) is 12.1 Å². The molecule has 21 heavy (non-hydrogen) atoms. The van der Waals surface area contributed by atoms with Crippen LogP contribution >= 0.6 is 0 Å². The molecule has 3 heteroatoms. The summed E-state index contributed by atoms with van der Waals surface area (Å²) in [4.78, 5) is 4.61. The first-order valence-electron chi connectivity index (χ1n) is 7.77. The summed E-state index contributed by atoms with van der Waals surface area (Å²) in [6, 6.07) is 12.5. The standard InChI is InChI=1S/C18H20N2O/c19-17(16-11-13-5-1-2-9-15(13)21-16)14-8-3-6-12-7-4-10-20-18(12)14/h1-2,4-5,7,9-10,14,16-17H,3,6,8,11,19H2. The summed E-state index contributed by atoms with van der Waals surface area (Å²) < 4.78 is 6.08. The van der Waals surface area contributed by atoms with E-state index in [0.717, 1.165) is 25.0 Å². The zero-order valence-corrected chi connectivity index (χ0v) is 12.0. The molecule has 0 radical (unpaired) electrons. The van der Waals surface area contributed by atoms with E-state index >= 15 is 0 Å². The number of aryl methyl sites for hydroxylation is 1. The number of pyridine rings is 1. The van der Waals surface area contributed by atoms with Crippen molar-refractivity contribution in [3.8, 4) is 5.75 Å². The Kier molecular flexibility index (Phi) is 3.15. The van der Waals surface area contributed by atoms with Gasteiger partial charge >= 0.3 is 0 Å². The molecule has 0 saturated heterocycles. The van der Waals surface area contributed by atoms with Crippen molar-refractivity contribution in [2.24, 2.45) is 5.73 Å². The molecule has 2 N–H and O–H groups in total. The molecule has 3 nitrogen and oxygen atoms in total. The molecule has 0 fully saturated rings. The van der Waals surface area contributed by atoms with Gasteiger partial charge in [0.05, 0.1) is 6.04 Å². The van der Waals surface area contributed by atoms with Crippen LogP contribution in [-0.4, -0.2) is 17.1 Å². The molecule has 0 saturated carbocycles. The molecule has 2 aromatic rings. The average molecular weight is 280 g/mol. The van der Waals surface area contributed by atoms with Gasteiger partial charge in [0, 0.05) is 24.2 Å². The van der Waals surface area contributed by atoms with Crippen molar-refractivity contribution in [1.82, 2.24) is 4.98 Å². The van der Waals surface area contributed by atoms with Crippen molar-refractivity contribution in [3.63, 3.8) is 0 Å². The molecule has 1 aromatic carbocycles. The van der Waals surface area contributed by atoms with Crippen LogP contribution in [0.25, 0.3) is 0 Å². The average Bonchev–Trinajstić information content (AvgIpc) is 2.97. The number of benzene rings is 1. The third kappa shape index (κ3) is 2.22. The van der Waals surface area contributed by atoms with E-state index in [4.69, 9.17) is 10.5 Å². The van der Waals surface area contributed by atoms with Gasteiger partial charge in [-0.1, -0.05) is 24.3 Å². The van der Waals surface area contributed by atoms with Crippen LogP contribution in [0.15, 0.2) is 42.6 Å². The van der Waals surface area contributed by atoms with Crippen LogP contribution in [-0.2, 0) is 12.8 Å². The van der Waals surface area contributed by atoms with Crippen molar-refractivity contribution < 1.29 is 4.74 Å². The predicted octanol–water partition coefficient (Wildman–Crippen LogP) is 2.83. The molecule has 2 aliphatic rings. The quantitative estimate of drug-likeness (QED) is 0.920. The number of aromatic nitrogens is 1. The lowest BCUT2D eigenvalue weighted by Gasteiger charge is -2.32. The number of hydrogen-bond donors (Lipinski definition) is 1. The van der Waals surface area contributed by atoms with Crippen LogP contribution < -0.4 is 10.5 Å². The summed E-state index contributed by atoms with van der Waals surface area (Å²) in [6.45, 7) is 0. The minimum absolute atomic E-state index is 0.00588. The Balaban J connectivity index is 1.59. The minimum Gasteiger partial charge on any atom is -0.488 e. The number of ether oxygens (including phenoxy) is 1. The molecule has 3 atom stereocenters. The zero-order valence-electron chi connectivity index (χ0n) is 12.0. The largest absolute Gasteiger partial charge is 0.488 e. The Bertz CT molecular complexity index is 630. The van der Waals surface area contributed by atoms with E-state index in [9.17, 15) is 0 Å².